The number of hydrogen-bond acceptors (Lipinski definition) is 3. The zero-order valence-electron chi connectivity index (χ0n) is 17.0. The Balaban J connectivity index is 1.80. The molecule has 29 heavy (non-hydrogen) atoms. The lowest BCUT2D eigenvalue weighted by Crippen LogP contribution is -2.48. The maximum Gasteiger partial charge on any atom is 0.261 e. The SMILES string of the molecule is CNC(=O)[C@@H](C)N(Cc1ccccc1C)C(=O)COc1cccc2ccccc12. The number of nitrogens with one attached hydrogen (secondary N) is 1. The molecular formula is C24H26N2O3. The van der Waals surface area contributed by atoms with E-state index in [1.165, 1.54) is 0 Å². The van der Waals surface area contributed by atoms with Crippen molar-refractivity contribution in [3.8, 4) is 5.75 Å². The van der Waals surface area contributed by atoms with E-state index in [4.69, 9.17) is 4.74 Å². The van der Waals surface area contributed by atoms with Gasteiger partial charge in [0.25, 0.3) is 5.91 Å². The van der Waals surface area contributed by atoms with Crippen LogP contribution in [0.3, 0.4) is 0 Å². The molecule has 1 atom stereocenters. The number of hydrogen-bond donors (Lipinski definition) is 1. The third-order valence-electron chi connectivity index (χ3n) is 5.12. The number of rotatable bonds is 7. The molecule has 0 aliphatic rings. The molecule has 5 nitrogen and oxygen atoms in total. The normalized spacial score (nSPS) is 11.7. The van der Waals surface area contributed by atoms with E-state index in [2.05, 4.69) is 5.32 Å². The molecular weight excluding hydrogens is 364 g/mol. The third kappa shape index (κ3) is 4.74. The van der Waals surface area contributed by atoms with Gasteiger partial charge in [0, 0.05) is 19.0 Å². The molecule has 0 spiro atoms. The minimum atomic E-state index is -0.608. The van der Waals surface area contributed by atoms with Crippen molar-refractivity contribution in [2.24, 2.45) is 0 Å². The van der Waals surface area contributed by atoms with Crippen LogP contribution in [0.1, 0.15) is 18.1 Å². The summed E-state index contributed by atoms with van der Waals surface area (Å²) in [5.41, 5.74) is 2.08. The highest BCUT2D eigenvalue weighted by atomic mass is 16.5. The first kappa shape index (κ1) is 20.4. The van der Waals surface area contributed by atoms with E-state index in [0.29, 0.717) is 12.3 Å². The van der Waals surface area contributed by atoms with Gasteiger partial charge in [0.2, 0.25) is 5.91 Å². The number of carbonyl (C=O) groups excluding carboxylic acids is 2. The fourth-order valence-corrected chi connectivity index (χ4v) is 3.31. The molecule has 5 heteroatoms. The summed E-state index contributed by atoms with van der Waals surface area (Å²) in [6.45, 7) is 3.93. The number of carbonyl (C=O) groups is 2. The van der Waals surface area contributed by atoms with Gasteiger partial charge in [0.15, 0.2) is 6.61 Å². The number of aryl methyl sites for hydroxylation is 1. The summed E-state index contributed by atoms with van der Waals surface area (Å²) < 4.78 is 5.87. The zero-order chi connectivity index (χ0) is 20.8. The molecule has 3 rings (SSSR count). The van der Waals surface area contributed by atoms with Crippen LogP contribution in [-0.2, 0) is 16.1 Å². The van der Waals surface area contributed by atoms with Crippen LogP contribution in [0.15, 0.2) is 66.7 Å². The summed E-state index contributed by atoms with van der Waals surface area (Å²) >= 11 is 0. The van der Waals surface area contributed by atoms with Crippen molar-refractivity contribution in [1.82, 2.24) is 10.2 Å². The van der Waals surface area contributed by atoms with Gasteiger partial charge in [-0.1, -0.05) is 60.7 Å². The molecule has 2 amide bonds. The monoisotopic (exact) mass is 390 g/mol. The van der Waals surface area contributed by atoms with Crippen molar-refractivity contribution in [3.63, 3.8) is 0 Å². The highest BCUT2D eigenvalue weighted by molar-refractivity contribution is 5.90. The predicted octanol–water partition coefficient (Wildman–Crippen LogP) is 3.69. The Hall–Kier alpha value is -3.34. The van der Waals surface area contributed by atoms with Crippen LogP contribution in [0.2, 0.25) is 0 Å². The van der Waals surface area contributed by atoms with Crippen molar-refractivity contribution >= 4 is 22.6 Å². The van der Waals surface area contributed by atoms with Gasteiger partial charge in [-0.15, -0.1) is 0 Å². The second-order valence-electron chi connectivity index (χ2n) is 7.00. The Morgan fingerprint density at radius 3 is 2.45 bits per heavy atom. The third-order valence-corrected chi connectivity index (χ3v) is 5.12. The molecule has 0 bridgehead atoms. The zero-order valence-corrected chi connectivity index (χ0v) is 17.0. The smallest absolute Gasteiger partial charge is 0.261 e. The number of nitrogens with zero attached hydrogens (tertiary/aromatic N) is 1. The Kier molecular flexibility index (Phi) is 6.50. The van der Waals surface area contributed by atoms with Crippen molar-refractivity contribution in [2.45, 2.75) is 26.4 Å². The van der Waals surface area contributed by atoms with Crippen LogP contribution < -0.4 is 10.1 Å². The standard InChI is InChI=1S/C24H26N2O3/c1-17-9-4-5-11-20(17)15-26(18(2)24(28)25-3)23(27)16-29-22-14-8-12-19-10-6-7-13-21(19)22/h4-14,18H,15-16H2,1-3H3,(H,25,28)/t18-/m1/s1. The summed E-state index contributed by atoms with van der Waals surface area (Å²) in [6, 6.07) is 20.9. The maximum atomic E-state index is 13.1. The summed E-state index contributed by atoms with van der Waals surface area (Å²) in [5, 5.41) is 4.63. The van der Waals surface area contributed by atoms with E-state index < -0.39 is 6.04 Å². The molecule has 0 fully saturated rings. The van der Waals surface area contributed by atoms with E-state index >= 15 is 0 Å². The van der Waals surface area contributed by atoms with Gasteiger partial charge in [0.1, 0.15) is 11.8 Å². The first-order valence-corrected chi connectivity index (χ1v) is 9.67. The van der Waals surface area contributed by atoms with Crippen LogP contribution in [0, 0.1) is 6.92 Å². The highest BCUT2D eigenvalue weighted by Crippen LogP contribution is 2.25. The van der Waals surface area contributed by atoms with E-state index in [9.17, 15) is 9.59 Å². The quantitative estimate of drug-likeness (QED) is 0.669. The van der Waals surface area contributed by atoms with Crippen molar-refractivity contribution in [2.75, 3.05) is 13.7 Å². The molecule has 150 valence electrons. The van der Waals surface area contributed by atoms with Crippen LogP contribution in [0.4, 0.5) is 0 Å². The van der Waals surface area contributed by atoms with Gasteiger partial charge in [-0.05, 0) is 36.4 Å². The number of likely N-dealkylation sites (N-methyl/N-ethyl adjacent to an activating group) is 1. The second-order valence-corrected chi connectivity index (χ2v) is 7.00. The molecule has 0 aromatic heterocycles. The number of benzene rings is 3. The average molecular weight is 390 g/mol. The summed E-state index contributed by atoms with van der Waals surface area (Å²) in [5.74, 6) is 0.203. The Labute approximate surface area is 171 Å². The minimum Gasteiger partial charge on any atom is -0.483 e. The molecule has 0 radical (unpaired) electrons. The largest absolute Gasteiger partial charge is 0.483 e. The molecule has 3 aromatic carbocycles. The average Bonchev–Trinajstić information content (AvgIpc) is 2.75. The Bertz CT molecular complexity index is 1010. The second kappa shape index (κ2) is 9.24. The van der Waals surface area contributed by atoms with Crippen LogP contribution >= 0.6 is 0 Å². The lowest BCUT2D eigenvalue weighted by atomic mass is 10.1. The molecule has 0 heterocycles. The van der Waals surface area contributed by atoms with Crippen LogP contribution in [-0.4, -0.2) is 36.4 Å². The lowest BCUT2D eigenvalue weighted by Gasteiger charge is -2.29. The molecule has 0 unspecified atom stereocenters. The summed E-state index contributed by atoms with van der Waals surface area (Å²) in [7, 11) is 1.57. The molecule has 0 saturated heterocycles. The molecule has 0 aliphatic heterocycles. The first-order valence-electron chi connectivity index (χ1n) is 9.67. The first-order chi connectivity index (χ1) is 14.0. The number of fused-ring (bicyclic) bond motifs is 1. The van der Waals surface area contributed by atoms with Gasteiger partial charge >= 0.3 is 0 Å². The number of ether oxygens (including phenoxy) is 1. The highest BCUT2D eigenvalue weighted by Gasteiger charge is 2.26. The molecule has 1 N–H and O–H groups in total. The van der Waals surface area contributed by atoms with E-state index in [-0.39, 0.29) is 18.4 Å². The van der Waals surface area contributed by atoms with Crippen molar-refractivity contribution in [3.05, 3.63) is 77.9 Å². The predicted molar refractivity (Wildman–Crippen MR) is 115 cm³/mol. The fourth-order valence-electron chi connectivity index (χ4n) is 3.31. The van der Waals surface area contributed by atoms with Crippen molar-refractivity contribution in [1.29, 1.82) is 0 Å². The van der Waals surface area contributed by atoms with Gasteiger partial charge in [-0.2, -0.15) is 0 Å². The minimum absolute atomic E-state index is 0.138. The summed E-state index contributed by atoms with van der Waals surface area (Å²) in [4.78, 5) is 26.8. The number of amides is 2. The van der Waals surface area contributed by atoms with Gasteiger partial charge in [0.05, 0.1) is 0 Å². The van der Waals surface area contributed by atoms with E-state index in [1.54, 1.807) is 18.9 Å². The van der Waals surface area contributed by atoms with Crippen LogP contribution in [0.5, 0.6) is 5.75 Å². The molecule has 0 saturated carbocycles. The molecule has 3 aromatic rings. The van der Waals surface area contributed by atoms with Gasteiger partial charge < -0.3 is 15.0 Å². The summed E-state index contributed by atoms with van der Waals surface area (Å²) in [6.07, 6.45) is 0. The van der Waals surface area contributed by atoms with Crippen molar-refractivity contribution < 1.29 is 14.3 Å². The van der Waals surface area contributed by atoms with Gasteiger partial charge in [-0.25, -0.2) is 0 Å². The topological polar surface area (TPSA) is 58.6 Å². The van der Waals surface area contributed by atoms with Crippen LogP contribution in [0.25, 0.3) is 10.8 Å². The fraction of sp³-hybridized carbons (Fsp3) is 0.250. The van der Waals surface area contributed by atoms with E-state index in [1.807, 2.05) is 73.7 Å². The molecule has 0 aliphatic carbocycles. The Morgan fingerprint density at radius 1 is 1.00 bits per heavy atom. The lowest BCUT2D eigenvalue weighted by molar-refractivity contribution is -0.142. The van der Waals surface area contributed by atoms with Gasteiger partial charge in [-0.3, -0.25) is 9.59 Å². The maximum absolute atomic E-state index is 13.1. The van der Waals surface area contributed by atoms with E-state index in [0.717, 1.165) is 21.9 Å². The Morgan fingerprint density at radius 2 is 1.69 bits per heavy atom.